The Labute approximate surface area is 220 Å². The summed E-state index contributed by atoms with van der Waals surface area (Å²) in [5.74, 6) is 1.69. The van der Waals surface area contributed by atoms with Crippen LogP contribution in [-0.2, 0) is 6.42 Å². The van der Waals surface area contributed by atoms with Gasteiger partial charge in [0.15, 0.2) is 0 Å². The summed E-state index contributed by atoms with van der Waals surface area (Å²) in [6.45, 7) is 2.40. The van der Waals surface area contributed by atoms with E-state index in [2.05, 4.69) is 50.0 Å². The number of halogens is 3. The van der Waals surface area contributed by atoms with Crippen LogP contribution in [0.1, 0.15) is 24.8 Å². The van der Waals surface area contributed by atoms with Crippen molar-refractivity contribution in [2.75, 3.05) is 36.1 Å². The normalized spacial score (nSPS) is 14.5. The van der Waals surface area contributed by atoms with Gasteiger partial charge in [-0.3, -0.25) is 5.32 Å². The van der Waals surface area contributed by atoms with Gasteiger partial charge in [-0.2, -0.15) is 0 Å². The van der Waals surface area contributed by atoms with Gasteiger partial charge in [0, 0.05) is 16.8 Å². The van der Waals surface area contributed by atoms with Gasteiger partial charge in [-0.05, 0) is 81.6 Å². The molecule has 7 nitrogen and oxygen atoms in total. The molecule has 4 rings (SSSR count). The standard InChI is InChI=1S/C25H27Cl3N6O/c1-34-10-8-17(9-11-34)3-2-16-4-6-19(7-5-16)31-22-14-23(30-15-29-22)32-25(35)33-24-20(27)12-18(26)13-21(24)28/h4-7,12-15,17H,2-3,8-11H2,1H3,(H3,29,30,31,32,33,35). The lowest BCUT2D eigenvalue weighted by molar-refractivity contribution is 0.212. The van der Waals surface area contributed by atoms with Gasteiger partial charge >= 0.3 is 6.03 Å². The molecule has 0 atom stereocenters. The highest BCUT2D eigenvalue weighted by Gasteiger charge is 2.16. The van der Waals surface area contributed by atoms with E-state index in [-0.39, 0.29) is 15.7 Å². The third-order valence-electron chi connectivity index (χ3n) is 6.06. The van der Waals surface area contributed by atoms with E-state index in [0.717, 1.165) is 18.0 Å². The van der Waals surface area contributed by atoms with E-state index >= 15 is 0 Å². The lowest BCUT2D eigenvalue weighted by atomic mass is 9.91. The fourth-order valence-electron chi connectivity index (χ4n) is 4.04. The summed E-state index contributed by atoms with van der Waals surface area (Å²) < 4.78 is 0. The Morgan fingerprint density at radius 1 is 0.971 bits per heavy atom. The number of urea groups is 1. The molecule has 0 spiro atoms. The van der Waals surface area contributed by atoms with Crippen LogP contribution in [0.25, 0.3) is 0 Å². The molecule has 3 N–H and O–H groups in total. The summed E-state index contributed by atoms with van der Waals surface area (Å²) in [5, 5.41) is 9.35. The largest absolute Gasteiger partial charge is 0.340 e. The van der Waals surface area contributed by atoms with E-state index in [1.165, 1.54) is 56.4 Å². The second-order valence-corrected chi connectivity index (χ2v) is 9.97. The van der Waals surface area contributed by atoms with Crippen molar-refractivity contribution >= 4 is 63.8 Å². The van der Waals surface area contributed by atoms with Crippen LogP contribution >= 0.6 is 34.8 Å². The van der Waals surface area contributed by atoms with E-state index < -0.39 is 6.03 Å². The zero-order valence-electron chi connectivity index (χ0n) is 19.3. The fourth-order valence-corrected chi connectivity index (χ4v) is 4.95. The number of hydrogen-bond acceptors (Lipinski definition) is 5. The molecule has 0 unspecified atom stereocenters. The highest BCUT2D eigenvalue weighted by atomic mass is 35.5. The van der Waals surface area contributed by atoms with E-state index in [0.29, 0.717) is 16.7 Å². The van der Waals surface area contributed by atoms with Crippen LogP contribution < -0.4 is 16.0 Å². The molecule has 0 bridgehead atoms. The molecule has 1 aliphatic heterocycles. The van der Waals surface area contributed by atoms with Crippen molar-refractivity contribution in [3.8, 4) is 0 Å². The average Bonchev–Trinajstić information content (AvgIpc) is 2.82. The van der Waals surface area contributed by atoms with Gasteiger partial charge in [-0.25, -0.2) is 14.8 Å². The highest BCUT2D eigenvalue weighted by Crippen LogP contribution is 2.33. The second-order valence-electron chi connectivity index (χ2n) is 8.72. The van der Waals surface area contributed by atoms with Crippen molar-refractivity contribution in [2.45, 2.75) is 25.7 Å². The van der Waals surface area contributed by atoms with Gasteiger partial charge in [0.25, 0.3) is 0 Å². The molecule has 1 fully saturated rings. The zero-order chi connectivity index (χ0) is 24.8. The van der Waals surface area contributed by atoms with Crippen LogP contribution in [-0.4, -0.2) is 41.0 Å². The van der Waals surface area contributed by atoms with Gasteiger partial charge in [0.1, 0.15) is 18.0 Å². The van der Waals surface area contributed by atoms with Crippen molar-refractivity contribution < 1.29 is 4.79 Å². The van der Waals surface area contributed by atoms with E-state index in [1.807, 2.05) is 12.1 Å². The molecule has 0 radical (unpaired) electrons. The third-order valence-corrected chi connectivity index (χ3v) is 6.87. The lowest BCUT2D eigenvalue weighted by Crippen LogP contribution is -2.30. The summed E-state index contributed by atoms with van der Waals surface area (Å²) in [4.78, 5) is 23.2. The number of nitrogens with zero attached hydrogens (tertiary/aromatic N) is 3. The van der Waals surface area contributed by atoms with E-state index in [4.69, 9.17) is 34.8 Å². The van der Waals surface area contributed by atoms with Crippen molar-refractivity contribution in [1.82, 2.24) is 14.9 Å². The molecule has 2 amide bonds. The van der Waals surface area contributed by atoms with Gasteiger partial charge in [-0.15, -0.1) is 0 Å². The lowest BCUT2D eigenvalue weighted by Gasteiger charge is -2.28. The maximum Gasteiger partial charge on any atom is 0.324 e. The number of benzene rings is 2. The summed E-state index contributed by atoms with van der Waals surface area (Å²) in [7, 11) is 2.20. The molecule has 10 heteroatoms. The number of aryl methyl sites for hydroxylation is 1. The number of anilines is 4. The van der Waals surface area contributed by atoms with Crippen LogP contribution in [0.2, 0.25) is 15.1 Å². The van der Waals surface area contributed by atoms with E-state index in [9.17, 15) is 4.79 Å². The Hall–Kier alpha value is -2.58. The summed E-state index contributed by atoms with van der Waals surface area (Å²) in [6, 6.07) is 12.4. The highest BCUT2D eigenvalue weighted by molar-refractivity contribution is 6.42. The molecule has 3 aromatic rings. The minimum absolute atomic E-state index is 0.234. The predicted molar refractivity (Wildman–Crippen MR) is 144 cm³/mol. The first-order valence-corrected chi connectivity index (χ1v) is 12.6. The number of aromatic nitrogens is 2. The van der Waals surface area contributed by atoms with Crippen molar-refractivity contribution in [1.29, 1.82) is 0 Å². The Morgan fingerprint density at radius 2 is 1.63 bits per heavy atom. The van der Waals surface area contributed by atoms with Crippen LogP contribution in [0.4, 0.5) is 27.8 Å². The smallest absolute Gasteiger partial charge is 0.324 e. The van der Waals surface area contributed by atoms with Crippen molar-refractivity contribution in [3.63, 3.8) is 0 Å². The summed E-state index contributed by atoms with van der Waals surface area (Å²) in [6.07, 6.45) is 6.27. The predicted octanol–water partition coefficient (Wildman–Crippen LogP) is 7.10. The van der Waals surface area contributed by atoms with Crippen LogP contribution in [0.3, 0.4) is 0 Å². The molecule has 0 saturated carbocycles. The Kier molecular flexibility index (Phi) is 8.68. The maximum atomic E-state index is 12.4. The quantitative estimate of drug-likeness (QED) is 0.302. The molecule has 184 valence electrons. The fraction of sp³-hybridized carbons (Fsp3) is 0.320. The molecule has 1 aliphatic rings. The van der Waals surface area contributed by atoms with Gasteiger partial charge in [-0.1, -0.05) is 46.9 Å². The van der Waals surface area contributed by atoms with E-state index in [1.54, 1.807) is 6.07 Å². The van der Waals surface area contributed by atoms with Crippen LogP contribution in [0.15, 0.2) is 48.8 Å². The number of likely N-dealkylation sites (tertiary alicyclic amines) is 1. The number of amides is 2. The maximum absolute atomic E-state index is 12.4. The van der Waals surface area contributed by atoms with Gasteiger partial charge in [0.05, 0.1) is 15.7 Å². The zero-order valence-corrected chi connectivity index (χ0v) is 21.6. The number of carbonyl (C=O) groups excluding carboxylic acids is 1. The topological polar surface area (TPSA) is 82.2 Å². The average molecular weight is 534 g/mol. The van der Waals surface area contributed by atoms with Gasteiger partial charge in [0.2, 0.25) is 0 Å². The van der Waals surface area contributed by atoms with Crippen molar-refractivity contribution in [2.24, 2.45) is 5.92 Å². The Bertz CT molecular complexity index is 1140. The minimum Gasteiger partial charge on any atom is -0.340 e. The first kappa shape index (κ1) is 25.5. The monoisotopic (exact) mass is 532 g/mol. The number of nitrogens with one attached hydrogen (secondary N) is 3. The van der Waals surface area contributed by atoms with Gasteiger partial charge < -0.3 is 15.5 Å². The number of hydrogen-bond donors (Lipinski definition) is 3. The molecule has 0 aliphatic carbocycles. The first-order valence-electron chi connectivity index (χ1n) is 11.4. The van der Waals surface area contributed by atoms with Crippen LogP contribution in [0, 0.1) is 5.92 Å². The number of rotatable bonds is 7. The Balaban J connectivity index is 1.30. The molecule has 2 aromatic carbocycles. The molecular weight excluding hydrogens is 507 g/mol. The second kappa shape index (κ2) is 11.9. The first-order chi connectivity index (χ1) is 16.9. The SMILES string of the molecule is CN1CCC(CCc2ccc(Nc3cc(NC(=O)Nc4c(Cl)cc(Cl)cc4Cl)ncn3)cc2)CC1. The summed E-state index contributed by atoms with van der Waals surface area (Å²) >= 11 is 18.2. The minimum atomic E-state index is -0.547. The molecule has 1 saturated heterocycles. The molecule has 1 aromatic heterocycles. The number of piperidine rings is 1. The molecule has 2 heterocycles. The number of carbonyl (C=O) groups is 1. The van der Waals surface area contributed by atoms with Crippen LogP contribution in [0.5, 0.6) is 0 Å². The third kappa shape index (κ3) is 7.45. The molecule has 35 heavy (non-hydrogen) atoms. The summed E-state index contributed by atoms with van der Waals surface area (Å²) in [5.41, 5.74) is 2.50. The Morgan fingerprint density at radius 3 is 2.31 bits per heavy atom. The molecular formula is C25H27Cl3N6O. The van der Waals surface area contributed by atoms with Crippen molar-refractivity contribution in [3.05, 3.63) is 69.4 Å².